The number of furan rings is 1. The van der Waals surface area contributed by atoms with Crippen molar-refractivity contribution in [2.45, 2.75) is 20.4 Å². The van der Waals surface area contributed by atoms with E-state index in [2.05, 4.69) is 10.3 Å². The molecule has 136 valence electrons. The summed E-state index contributed by atoms with van der Waals surface area (Å²) in [6.07, 6.45) is 4.24. The predicted octanol–water partition coefficient (Wildman–Crippen LogP) is 2.91. The lowest BCUT2D eigenvalue weighted by Gasteiger charge is -2.12. The first-order chi connectivity index (χ1) is 12.4. The molecule has 0 atom stereocenters. The molecule has 0 aliphatic heterocycles. The maximum atomic E-state index is 12.5. The second-order valence-electron chi connectivity index (χ2n) is 6.33. The lowest BCUT2D eigenvalue weighted by molar-refractivity contribution is 0.0589. The van der Waals surface area contributed by atoms with Crippen LogP contribution in [-0.4, -0.2) is 28.5 Å². The van der Waals surface area contributed by atoms with Crippen LogP contribution < -0.4 is 11.1 Å². The number of anilines is 2. The number of carbonyl (C=O) groups is 2. The number of methoxy groups -OCH3 is 1. The Hall–Kier alpha value is -3.29. The van der Waals surface area contributed by atoms with Gasteiger partial charge in [0, 0.05) is 11.9 Å². The van der Waals surface area contributed by atoms with Gasteiger partial charge in [-0.15, -0.1) is 0 Å². The second-order valence-corrected chi connectivity index (χ2v) is 6.33. The first kappa shape index (κ1) is 17.5. The Bertz CT molecular complexity index is 957. The fraction of sp³-hybridized carbons (Fsp3) is 0.278. The molecule has 8 heteroatoms. The van der Waals surface area contributed by atoms with Gasteiger partial charge in [0.15, 0.2) is 5.69 Å². The van der Waals surface area contributed by atoms with Crippen molar-refractivity contribution < 1.29 is 18.7 Å². The van der Waals surface area contributed by atoms with Gasteiger partial charge in [-0.05, 0) is 18.1 Å². The molecule has 0 bridgehead atoms. The van der Waals surface area contributed by atoms with Gasteiger partial charge in [0.2, 0.25) is 0 Å². The average molecular weight is 356 g/mol. The number of nitrogens with zero attached hydrogens (tertiary/aromatic N) is 2. The summed E-state index contributed by atoms with van der Waals surface area (Å²) in [4.78, 5) is 29.4. The minimum absolute atomic E-state index is 0.228. The van der Waals surface area contributed by atoms with Crippen LogP contribution in [0.4, 0.5) is 11.4 Å². The Balaban J connectivity index is 2.22. The number of hydrogen-bond acceptors (Lipinski definition) is 6. The van der Waals surface area contributed by atoms with E-state index in [4.69, 9.17) is 14.9 Å². The number of nitrogens with two attached hydrogens (primary N) is 1. The van der Waals surface area contributed by atoms with Crippen LogP contribution in [0.25, 0.3) is 11.0 Å². The topological polar surface area (TPSA) is 112 Å². The molecule has 0 spiro atoms. The standard InChI is InChI=1S/C18H20N4O4/c1-10(2)8-22-15(18(24)25-3)14(13-6-12(19)7-20-16(13)22)21-17(23)11-4-5-26-9-11/h4-7,9-10H,8,19H2,1-3H3,(H,21,23). The zero-order chi connectivity index (χ0) is 18.8. The Morgan fingerprint density at radius 3 is 2.81 bits per heavy atom. The number of esters is 1. The zero-order valence-electron chi connectivity index (χ0n) is 14.8. The first-order valence-electron chi connectivity index (χ1n) is 8.12. The highest BCUT2D eigenvalue weighted by atomic mass is 16.5. The summed E-state index contributed by atoms with van der Waals surface area (Å²) in [5.74, 6) is -0.731. The predicted molar refractivity (Wildman–Crippen MR) is 97.0 cm³/mol. The fourth-order valence-corrected chi connectivity index (χ4v) is 2.80. The van der Waals surface area contributed by atoms with Gasteiger partial charge in [0.1, 0.15) is 11.9 Å². The highest BCUT2D eigenvalue weighted by Gasteiger charge is 2.26. The molecule has 0 saturated carbocycles. The van der Waals surface area contributed by atoms with Crippen molar-refractivity contribution in [1.29, 1.82) is 0 Å². The first-order valence-corrected chi connectivity index (χ1v) is 8.12. The Kier molecular flexibility index (Phi) is 4.66. The van der Waals surface area contributed by atoms with E-state index < -0.39 is 11.9 Å². The molecule has 3 rings (SSSR count). The molecular formula is C18H20N4O4. The number of amides is 1. The van der Waals surface area contributed by atoms with Crippen molar-refractivity contribution >= 4 is 34.3 Å². The number of hydrogen-bond donors (Lipinski definition) is 2. The van der Waals surface area contributed by atoms with Gasteiger partial charge in [-0.3, -0.25) is 4.79 Å². The second kappa shape index (κ2) is 6.91. The molecule has 0 aromatic carbocycles. The van der Waals surface area contributed by atoms with Crippen LogP contribution in [0.15, 0.2) is 35.3 Å². The molecule has 26 heavy (non-hydrogen) atoms. The van der Waals surface area contributed by atoms with Crippen LogP contribution >= 0.6 is 0 Å². The molecule has 0 saturated heterocycles. The third-order valence-corrected chi connectivity index (χ3v) is 3.87. The molecule has 3 aromatic heterocycles. The monoisotopic (exact) mass is 356 g/mol. The van der Waals surface area contributed by atoms with Crippen molar-refractivity contribution in [2.24, 2.45) is 5.92 Å². The summed E-state index contributed by atoms with van der Waals surface area (Å²) in [5, 5.41) is 3.35. The number of fused-ring (bicyclic) bond motifs is 1. The third-order valence-electron chi connectivity index (χ3n) is 3.87. The van der Waals surface area contributed by atoms with Crippen LogP contribution in [0.2, 0.25) is 0 Å². The van der Waals surface area contributed by atoms with Crippen molar-refractivity contribution in [1.82, 2.24) is 9.55 Å². The molecule has 0 unspecified atom stereocenters. The summed E-state index contributed by atoms with van der Waals surface area (Å²) in [7, 11) is 1.29. The fourth-order valence-electron chi connectivity index (χ4n) is 2.80. The molecule has 3 aromatic rings. The number of rotatable bonds is 5. The van der Waals surface area contributed by atoms with E-state index in [-0.39, 0.29) is 11.6 Å². The van der Waals surface area contributed by atoms with E-state index in [1.54, 1.807) is 10.6 Å². The highest BCUT2D eigenvalue weighted by Crippen LogP contribution is 2.33. The molecule has 0 radical (unpaired) electrons. The number of pyridine rings is 1. The molecular weight excluding hydrogens is 336 g/mol. The van der Waals surface area contributed by atoms with Crippen LogP contribution in [0.1, 0.15) is 34.7 Å². The Morgan fingerprint density at radius 2 is 2.19 bits per heavy atom. The van der Waals surface area contributed by atoms with Crippen molar-refractivity contribution in [3.05, 3.63) is 42.1 Å². The molecule has 3 N–H and O–H groups in total. The minimum Gasteiger partial charge on any atom is -0.472 e. The number of nitrogen functional groups attached to an aromatic ring is 1. The summed E-state index contributed by atoms with van der Waals surface area (Å²) in [6, 6.07) is 3.21. The SMILES string of the molecule is COC(=O)c1c(NC(=O)c2ccoc2)c2cc(N)cnc2n1CC(C)C. The maximum absolute atomic E-state index is 12.5. The van der Waals surface area contributed by atoms with Gasteiger partial charge in [0.05, 0.1) is 36.5 Å². The molecule has 0 fully saturated rings. The van der Waals surface area contributed by atoms with E-state index in [9.17, 15) is 9.59 Å². The molecule has 1 amide bonds. The molecule has 0 aliphatic carbocycles. The zero-order valence-corrected chi connectivity index (χ0v) is 14.8. The van der Waals surface area contributed by atoms with Gasteiger partial charge < -0.3 is 24.8 Å². The maximum Gasteiger partial charge on any atom is 0.356 e. The van der Waals surface area contributed by atoms with E-state index >= 15 is 0 Å². The van der Waals surface area contributed by atoms with Gasteiger partial charge in [0.25, 0.3) is 5.91 Å². The van der Waals surface area contributed by atoms with Gasteiger partial charge in [-0.1, -0.05) is 13.8 Å². The summed E-state index contributed by atoms with van der Waals surface area (Å²) >= 11 is 0. The van der Waals surface area contributed by atoms with Crippen LogP contribution in [0.3, 0.4) is 0 Å². The van der Waals surface area contributed by atoms with E-state index in [1.165, 1.54) is 31.9 Å². The van der Waals surface area contributed by atoms with Gasteiger partial charge in [-0.2, -0.15) is 0 Å². The Labute approximate surface area is 149 Å². The smallest absolute Gasteiger partial charge is 0.356 e. The summed E-state index contributed by atoms with van der Waals surface area (Å²) in [5.41, 5.74) is 7.73. The minimum atomic E-state index is -0.565. The summed E-state index contributed by atoms with van der Waals surface area (Å²) < 4.78 is 11.6. The normalized spacial score (nSPS) is 11.1. The summed E-state index contributed by atoms with van der Waals surface area (Å²) in [6.45, 7) is 4.57. The average Bonchev–Trinajstić information content (AvgIpc) is 3.22. The van der Waals surface area contributed by atoms with E-state index in [1.807, 2.05) is 13.8 Å². The molecule has 3 heterocycles. The van der Waals surface area contributed by atoms with Crippen LogP contribution in [0, 0.1) is 5.92 Å². The van der Waals surface area contributed by atoms with Crippen LogP contribution in [0.5, 0.6) is 0 Å². The molecule has 8 nitrogen and oxygen atoms in total. The number of ether oxygens (including phenoxy) is 1. The van der Waals surface area contributed by atoms with Gasteiger partial charge >= 0.3 is 5.97 Å². The number of aromatic nitrogens is 2. The van der Waals surface area contributed by atoms with Crippen molar-refractivity contribution in [2.75, 3.05) is 18.2 Å². The lowest BCUT2D eigenvalue weighted by Crippen LogP contribution is -2.18. The van der Waals surface area contributed by atoms with E-state index in [0.717, 1.165) is 0 Å². The van der Waals surface area contributed by atoms with Crippen molar-refractivity contribution in [3.8, 4) is 0 Å². The van der Waals surface area contributed by atoms with Crippen LogP contribution in [-0.2, 0) is 11.3 Å². The van der Waals surface area contributed by atoms with E-state index in [0.29, 0.717) is 34.5 Å². The van der Waals surface area contributed by atoms with Gasteiger partial charge in [-0.25, -0.2) is 9.78 Å². The largest absolute Gasteiger partial charge is 0.472 e. The third kappa shape index (κ3) is 3.13. The highest BCUT2D eigenvalue weighted by molar-refractivity contribution is 6.14. The van der Waals surface area contributed by atoms with Crippen molar-refractivity contribution in [3.63, 3.8) is 0 Å². The molecule has 0 aliphatic rings. The number of nitrogens with one attached hydrogen (secondary N) is 1. The quantitative estimate of drug-likeness (QED) is 0.680. The Morgan fingerprint density at radius 1 is 1.42 bits per heavy atom. The lowest BCUT2D eigenvalue weighted by atomic mass is 10.2. The number of carbonyl (C=O) groups excluding carboxylic acids is 2.